The summed E-state index contributed by atoms with van der Waals surface area (Å²) in [5.41, 5.74) is 0. The van der Waals surface area contributed by atoms with Crippen molar-refractivity contribution >= 4 is 22.6 Å². The number of piperidine rings is 1. The normalized spacial score (nSPS) is 21.9. The quantitative estimate of drug-likeness (QED) is 0.715. The van der Waals surface area contributed by atoms with Crippen LogP contribution in [0.25, 0.3) is 0 Å². The van der Waals surface area contributed by atoms with Crippen LogP contribution in [0.4, 0.5) is 5.13 Å². The molecule has 0 saturated carbocycles. The van der Waals surface area contributed by atoms with Crippen LogP contribution in [0.5, 0.6) is 0 Å². The average molecular weight is 213 g/mol. The molecule has 1 aromatic heterocycles. The Balaban J connectivity index is 1.88. The van der Waals surface area contributed by atoms with Crippen molar-refractivity contribution in [3.8, 4) is 0 Å². The smallest absolute Gasteiger partial charge is 0.231 e. The largest absolute Gasteiger partial charge is 0.316 e. The summed E-state index contributed by atoms with van der Waals surface area (Å²) in [6.07, 6.45) is 1.98. The molecule has 76 valence electrons. The van der Waals surface area contributed by atoms with Gasteiger partial charge in [0.25, 0.3) is 0 Å². The number of rotatable bonds is 2. The molecule has 1 atom stereocenters. The first-order valence-electron chi connectivity index (χ1n) is 4.53. The SMILES string of the molecule is O=C(Nc1nnns1)C1CCCNC1. The van der Waals surface area contributed by atoms with Crippen LogP contribution in [0.3, 0.4) is 0 Å². The zero-order chi connectivity index (χ0) is 9.80. The van der Waals surface area contributed by atoms with E-state index in [-0.39, 0.29) is 11.8 Å². The first-order valence-corrected chi connectivity index (χ1v) is 5.30. The van der Waals surface area contributed by atoms with E-state index in [9.17, 15) is 4.79 Å². The number of carbonyl (C=O) groups is 1. The Morgan fingerprint density at radius 3 is 3.21 bits per heavy atom. The number of carbonyl (C=O) groups excluding carboxylic acids is 1. The molecule has 0 radical (unpaired) electrons. The maximum Gasteiger partial charge on any atom is 0.231 e. The van der Waals surface area contributed by atoms with Crippen LogP contribution < -0.4 is 10.6 Å². The maximum atomic E-state index is 11.6. The molecular weight excluding hydrogens is 202 g/mol. The van der Waals surface area contributed by atoms with Gasteiger partial charge in [0, 0.05) is 18.1 Å². The summed E-state index contributed by atoms with van der Waals surface area (Å²) in [5.74, 6) is 0.0587. The molecule has 2 rings (SSSR count). The number of hydrogen-bond donors (Lipinski definition) is 2. The van der Waals surface area contributed by atoms with E-state index in [2.05, 4.69) is 25.4 Å². The topological polar surface area (TPSA) is 79.8 Å². The maximum absolute atomic E-state index is 11.6. The van der Waals surface area contributed by atoms with E-state index < -0.39 is 0 Å². The minimum absolute atomic E-state index is 0.00995. The molecule has 2 heterocycles. The second kappa shape index (κ2) is 4.43. The van der Waals surface area contributed by atoms with E-state index in [0.29, 0.717) is 5.13 Å². The summed E-state index contributed by atoms with van der Waals surface area (Å²) >= 11 is 1.09. The number of hydrogen-bond acceptors (Lipinski definition) is 6. The van der Waals surface area contributed by atoms with Crippen LogP contribution in [0.2, 0.25) is 0 Å². The van der Waals surface area contributed by atoms with Crippen LogP contribution in [0.1, 0.15) is 12.8 Å². The van der Waals surface area contributed by atoms with Gasteiger partial charge in [0.15, 0.2) is 0 Å². The van der Waals surface area contributed by atoms with Gasteiger partial charge in [-0.1, -0.05) is 9.59 Å². The van der Waals surface area contributed by atoms with Crippen LogP contribution in [-0.4, -0.2) is 33.8 Å². The van der Waals surface area contributed by atoms with Gasteiger partial charge in [0.05, 0.1) is 5.92 Å². The van der Waals surface area contributed by atoms with Crippen molar-refractivity contribution in [2.24, 2.45) is 5.92 Å². The van der Waals surface area contributed by atoms with Crippen LogP contribution in [0, 0.1) is 5.92 Å². The van der Waals surface area contributed by atoms with Gasteiger partial charge in [-0.2, -0.15) is 0 Å². The molecule has 14 heavy (non-hydrogen) atoms. The summed E-state index contributed by atoms with van der Waals surface area (Å²) in [7, 11) is 0. The monoisotopic (exact) mass is 213 g/mol. The van der Waals surface area contributed by atoms with Crippen molar-refractivity contribution in [2.75, 3.05) is 18.4 Å². The van der Waals surface area contributed by atoms with E-state index >= 15 is 0 Å². The zero-order valence-corrected chi connectivity index (χ0v) is 8.38. The Hall–Kier alpha value is -1.08. The molecule has 1 fully saturated rings. The molecule has 2 N–H and O–H groups in total. The van der Waals surface area contributed by atoms with Gasteiger partial charge in [-0.3, -0.25) is 10.1 Å². The third-order valence-corrected chi connectivity index (χ3v) is 2.71. The Morgan fingerprint density at radius 2 is 2.57 bits per heavy atom. The van der Waals surface area contributed by atoms with Gasteiger partial charge in [0.2, 0.25) is 11.0 Å². The van der Waals surface area contributed by atoms with Crippen molar-refractivity contribution in [1.82, 2.24) is 20.1 Å². The number of aromatic nitrogens is 3. The minimum Gasteiger partial charge on any atom is -0.316 e. The van der Waals surface area contributed by atoms with Crippen LogP contribution >= 0.6 is 11.5 Å². The second-order valence-corrected chi connectivity index (χ2v) is 3.93. The molecule has 1 aromatic rings. The van der Waals surface area contributed by atoms with Gasteiger partial charge >= 0.3 is 0 Å². The van der Waals surface area contributed by atoms with E-state index in [1.165, 1.54) is 0 Å². The van der Waals surface area contributed by atoms with Crippen molar-refractivity contribution in [3.05, 3.63) is 0 Å². The molecule has 0 aliphatic carbocycles. The molecule has 1 aliphatic heterocycles. The fourth-order valence-corrected chi connectivity index (χ4v) is 1.83. The Kier molecular flexibility index (Phi) is 3.00. The lowest BCUT2D eigenvalue weighted by molar-refractivity contribution is -0.120. The van der Waals surface area contributed by atoms with Crippen molar-refractivity contribution in [3.63, 3.8) is 0 Å². The Morgan fingerprint density at radius 1 is 1.64 bits per heavy atom. The summed E-state index contributed by atoms with van der Waals surface area (Å²) in [4.78, 5) is 11.6. The fourth-order valence-electron chi connectivity index (χ4n) is 1.46. The first-order chi connectivity index (χ1) is 6.86. The van der Waals surface area contributed by atoms with Gasteiger partial charge in [0.1, 0.15) is 0 Å². The molecular formula is C7H11N5OS. The minimum atomic E-state index is 0.00995. The molecule has 0 bridgehead atoms. The van der Waals surface area contributed by atoms with E-state index in [1.54, 1.807) is 0 Å². The highest BCUT2D eigenvalue weighted by Gasteiger charge is 2.21. The highest BCUT2D eigenvalue weighted by molar-refractivity contribution is 7.09. The first kappa shape index (κ1) is 9.47. The molecule has 1 aliphatic rings. The van der Waals surface area contributed by atoms with E-state index in [0.717, 1.165) is 37.5 Å². The molecule has 0 aromatic carbocycles. The molecule has 7 heteroatoms. The fraction of sp³-hybridized carbons (Fsp3) is 0.714. The van der Waals surface area contributed by atoms with Crippen LogP contribution in [-0.2, 0) is 4.79 Å². The van der Waals surface area contributed by atoms with Gasteiger partial charge in [-0.05, 0) is 24.6 Å². The van der Waals surface area contributed by atoms with E-state index in [4.69, 9.17) is 0 Å². The van der Waals surface area contributed by atoms with Crippen molar-refractivity contribution < 1.29 is 4.79 Å². The van der Waals surface area contributed by atoms with Crippen molar-refractivity contribution in [1.29, 1.82) is 0 Å². The summed E-state index contributed by atoms with van der Waals surface area (Å²) in [5, 5.41) is 13.4. The highest BCUT2D eigenvalue weighted by Crippen LogP contribution is 2.13. The molecule has 1 unspecified atom stereocenters. The van der Waals surface area contributed by atoms with Gasteiger partial charge in [-0.15, -0.1) is 0 Å². The Bertz CT molecular complexity index is 295. The lowest BCUT2D eigenvalue weighted by Crippen LogP contribution is -2.37. The number of nitrogens with zero attached hydrogens (tertiary/aromatic N) is 3. The average Bonchev–Trinajstić information content (AvgIpc) is 2.72. The molecule has 0 spiro atoms. The molecule has 1 amide bonds. The summed E-state index contributed by atoms with van der Waals surface area (Å²) < 4.78 is 3.57. The second-order valence-electron chi connectivity index (χ2n) is 3.20. The molecule has 6 nitrogen and oxygen atoms in total. The standard InChI is InChI=1S/C7H11N5OS/c13-6(5-2-1-3-8-4-5)9-7-10-11-12-14-7/h5,8H,1-4H2,(H,9,10,12,13). The summed E-state index contributed by atoms with van der Waals surface area (Å²) in [6, 6.07) is 0. The number of nitrogens with one attached hydrogen (secondary N) is 2. The third-order valence-electron chi connectivity index (χ3n) is 2.20. The zero-order valence-electron chi connectivity index (χ0n) is 7.56. The Labute approximate surface area is 85.3 Å². The number of anilines is 1. The van der Waals surface area contributed by atoms with E-state index in [1.807, 2.05) is 0 Å². The highest BCUT2D eigenvalue weighted by atomic mass is 32.1. The lowest BCUT2D eigenvalue weighted by atomic mass is 9.99. The van der Waals surface area contributed by atoms with Crippen LogP contribution in [0.15, 0.2) is 0 Å². The lowest BCUT2D eigenvalue weighted by Gasteiger charge is -2.20. The predicted octanol–water partition coefficient (Wildman–Crippen LogP) is -0.129. The van der Waals surface area contributed by atoms with Gasteiger partial charge < -0.3 is 5.32 Å². The number of amides is 1. The third kappa shape index (κ3) is 2.24. The molecule has 1 saturated heterocycles. The predicted molar refractivity (Wildman–Crippen MR) is 51.9 cm³/mol. The van der Waals surface area contributed by atoms with Gasteiger partial charge in [-0.25, -0.2) is 0 Å². The summed E-state index contributed by atoms with van der Waals surface area (Å²) in [6.45, 7) is 1.75. The van der Waals surface area contributed by atoms with Crippen molar-refractivity contribution in [2.45, 2.75) is 12.8 Å².